The lowest BCUT2D eigenvalue weighted by atomic mass is 10.2. The van der Waals surface area contributed by atoms with Crippen LogP contribution in [0.1, 0.15) is 37.8 Å². The lowest BCUT2D eigenvalue weighted by Crippen LogP contribution is -2.32. The van der Waals surface area contributed by atoms with Gasteiger partial charge in [-0.2, -0.15) is 0 Å². The summed E-state index contributed by atoms with van der Waals surface area (Å²) in [6.45, 7) is 4.36. The SMILES string of the molecule is Cc1cncc(NCCC(=O)N2CCCCCC2)n1. The summed E-state index contributed by atoms with van der Waals surface area (Å²) < 4.78 is 0. The molecule has 1 aromatic rings. The Hall–Kier alpha value is -1.65. The maximum atomic E-state index is 12.1. The Morgan fingerprint density at radius 3 is 2.68 bits per heavy atom. The molecule has 19 heavy (non-hydrogen) atoms. The molecule has 0 bridgehead atoms. The second kappa shape index (κ2) is 7.07. The van der Waals surface area contributed by atoms with Crippen LogP contribution in [0.3, 0.4) is 0 Å². The lowest BCUT2D eigenvalue weighted by molar-refractivity contribution is -0.130. The Morgan fingerprint density at radius 2 is 2.00 bits per heavy atom. The highest BCUT2D eigenvalue weighted by Crippen LogP contribution is 2.10. The number of anilines is 1. The first kappa shape index (κ1) is 13.8. The van der Waals surface area contributed by atoms with Crippen molar-refractivity contribution in [2.24, 2.45) is 0 Å². The highest BCUT2D eigenvalue weighted by atomic mass is 16.2. The minimum Gasteiger partial charge on any atom is -0.368 e. The van der Waals surface area contributed by atoms with Crippen molar-refractivity contribution >= 4 is 11.7 Å². The molecular formula is C14H22N4O. The Morgan fingerprint density at radius 1 is 1.26 bits per heavy atom. The van der Waals surface area contributed by atoms with E-state index in [-0.39, 0.29) is 5.91 Å². The van der Waals surface area contributed by atoms with Gasteiger partial charge in [0.2, 0.25) is 5.91 Å². The molecule has 0 radical (unpaired) electrons. The number of carbonyl (C=O) groups excluding carboxylic acids is 1. The van der Waals surface area contributed by atoms with Crippen molar-refractivity contribution in [3.63, 3.8) is 0 Å². The fourth-order valence-electron chi connectivity index (χ4n) is 2.32. The minimum atomic E-state index is 0.245. The number of aryl methyl sites for hydroxylation is 1. The van der Waals surface area contributed by atoms with Crippen LogP contribution in [-0.4, -0.2) is 40.4 Å². The van der Waals surface area contributed by atoms with Crippen LogP contribution in [0, 0.1) is 6.92 Å². The van der Waals surface area contributed by atoms with Crippen LogP contribution in [0.5, 0.6) is 0 Å². The first-order chi connectivity index (χ1) is 9.25. The standard InChI is InChI=1S/C14H22N4O/c1-12-10-15-11-13(17-12)16-7-6-14(19)18-8-4-2-3-5-9-18/h10-11H,2-9H2,1H3,(H,16,17). The third-order valence-corrected chi connectivity index (χ3v) is 3.36. The molecule has 5 heteroatoms. The van der Waals surface area contributed by atoms with E-state index in [1.165, 1.54) is 12.8 Å². The summed E-state index contributed by atoms with van der Waals surface area (Å²) in [7, 11) is 0. The number of nitrogens with zero attached hydrogens (tertiary/aromatic N) is 3. The third-order valence-electron chi connectivity index (χ3n) is 3.36. The van der Waals surface area contributed by atoms with Gasteiger partial charge >= 0.3 is 0 Å². The monoisotopic (exact) mass is 262 g/mol. The lowest BCUT2D eigenvalue weighted by Gasteiger charge is -2.20. The summed E-state index contributed by atoms with van der Waals surface area (Å²) in [5.74, 6) is 0.985. The van der Waals surface area contributed by atoms with Gasteiger partial charge in [0.05, 0.1) is 11.9 Å². The van der Waals surface area contributed by atoms with Gasteiger partial charge in [0.25, 0.3) is 0 Å². The second-order valence-electron chi connectivity index (χ2n) is 5.02. The van der Waals surface area contributed by atoms with Crippen molar-refractivity contribution in [1.29, 1.82) is 0 Å². The summed E-state index contributed by atoms with van der Waals surface area (Å²) in [6.07, 6.45) is 8.71. The van der Waals surface area contributed by atoms with Gasteiger partial charge in [-0.3, -0.25) is 9.78 Å². The second-order valence-corrected chi connectivity index (χ2v) is 5.02. The average Bonchev–Trinajstić information content (AvgIpc) is 2.67. The highest BCUT2D eigenvalue weighted by molar-refractivity contribution is 5.76. The first-order valence-electron chi connectivity index (χ1n) is 7.06. The van der Waals surface area contributed by atoms with E-state index in [9.17, 15) is 4.79 Å². The molecule has 1 fully saturated rings. The summed E-state index contributed by atoms with van der Waals surface area (Å²) in [5, 5.41) is 3.15. The van der Waals surface area contributed by atoms with Gasteiger partial charge < -0.3 is 10.2 Å². The van der Waals surface area contributed by atoms with Gasteiger partial charge in [0, 0.05) is 32.3 Å². The summed E-state index contributed by atoms with van der Waals surface area (Å²) >= 11 is 0. The van der Waals surface area contributed by atoms with E-state index < -0.39 is 0 Å². The van der Waals surface area contributed by atoms with Crippen molar-refractivity contribution in [3.05, 3.63) is 18.1 Å². The number of aromatic nitrogens is 2. The normalized spacial score (nSPS) is 15.9. The number of carbonyl (C=O) groups is 1. The molecule has 1 aromatic heterocycles. The fraction of sp³-hybridized carbons (Fsp3) is 0.643. The summed E-state index contributed by atoms with van der Waals surface area (Å²) in [5.41, 5.74) is 0.879. The smallest absolute Gasteiger partial charge is 0.224 e. The molecule has 0 aromatic carbocycles. The van der Waals surface area contributed by atoms with Gasteiger partial charge in [-0.1, -0.05) is 12.8 Å². The summed E-state index contributed by atoms with van der Waals surface area (Å²) in [6, 6.07) is 0. The van der Waals surface area contributed by atoms with E-state index >= 15 is 0 Å². The van der Waals surface area contributed by atoms with Gasteiger partial charge in [0.15, 0.2) is 0 Å². The van der Waals surface area contributed by atoms with Crippen LogP contribution in [-0.2, 0) is 4.79 Å². The molecule has 104 valence electrons. The van der Waals surface area contributed by atoms with Crippen molar-refractivity contribution < 1.29 is 4.79 Å². The number of hydrogen-bond acceptors (Lipinski definition) is 4. The first-order valence-corrected chi connectivity index (χ1v) is 7.06. The van der Waals surface area contributed by atoms with E-state index in [2.05, 4.69) is 15.3 Å². The number of likely N-dealkylation sites (tertiary alicyclic amines) is 1. The number of amides is 1. The summed E-state index contributed by atoms with van der Waals surface area (Å²) in [4.78, 5) is 22.4. The van der Waals surface area contributed by atoms with Crippen LogP contribution in [0.4, 0.5) is 5.82 Å². The Balaban J connectivity index is 1.74. The molecule has 0 spiro atoms. The fourth-order valence-corrected chi connectivity index (χ4v) is 2.32. The Labute approximate surface area is 114 Å². The maximum Gasteiger partial charge on any atom is 0.224 e. The van der Waals surface area contributed by atoms with Crippen LogP contribution in [0.15, 0.2) is 12.4 Å². The van der Waals surface area contributed by atoms with E-state index in [4.69, 9.17) is 0 Å². The molecule has 1 N–H and O–H groups in total. The molecule has 1 aliphatic rings. The largest absolute Gasteiger partial charge is 0.368 e. The molecule has 5 nitrogen and oxygen atoms in total. The third kappa shape index (κ3) is 4.50. The highest BCUT2D eigenvalue weighted by Gasteiger charge is 2.14. The zero-order valence-corrected chi connectivity index (χ0v) is 11.6. The molecule has 0 saturated carbocycles. The molecule has 2 rings (SSSR count). The quantitative estimate of drug-likeness (QED) is 0.901. The number of nitrogens with one attached hydrogen (secondary N) is 1. The zero-order valence-electron chi connectivity index (χ0n) is 11.6. The molecule has 1 saturated heterocycles. The van der Waals surface area contributed by atoms with Gasteiger partial charge in [-0.05, 0) is 19.8 Å². The van der Waals surface area contributed by atoms with Crippen LogP contribution < -0.4 is 5.32 Å². The predicted octanol–water partition coefficient (Wildman–Crippen LogP) is 1.99. The van der Waals surface area contributed by atoms with E-state index in [1.807, 2.05) is 11.8 Å². The molecule has 1 aliphatic heterocycles. The van der Waals surface area contributed by atoms with E-state index in [0.29, 0.717) is 13.0 Å². The van der Waals surface area contributed by atoms with Crippen LogP contribution >= 0.6 is 0 Å². The zero-order chi connectivity index (χ0) is 13.5. The van der Waals surface area contributed by atoms with Crippen LogP contribution in [0.25, 0.3) is 0 Å². The maximum absolute atomic E-state index is 12.1. The van der Waals surface area contributed by atoms with Crippen LogP contribution in [0.2, 0.25) is 0 Å². The Bertz CT molecular complexity index is 414. The predicted molar refractivity (Wildman–Crippen MR) is 74.9 cm³/mol. The molecule has 0 atom stereocenters. The van der Waals surface area contributed by atoms with E-state index in [0.717, 1.165) is 37.4 Å². The topological polar surface area (TPSA) is 58.1 Å². The molecule has 2 heterocycles. The van der Waals surface area contributed by atoms with Gasteiger partial charge in [-0.15, -0.1) is 0 Å². The van der Waals surface area contributed by atoms with Gasteiger partial charge in [-0.25, -0.2) is 4.98 Å². The molecule has 0 aliphatic carbocycles. The number of rotatable bonds is 4. The van der Waals surface area contributed by atoms with Gasteiger partial charge in [0.1, 0.15) is 5.82 Å². The van der Waals surface area contributed by atoms with Crippen molar-refractivity contribution in [1.82, 2.24) is 14.9 Å². The van der Waals surface area contributed by atoms with Crippen molar-refractivity contribution in [3.8, 4) is 0 Å². The molecule has 0 unspecified atom stereocenters. The Kier molecular flexibility index (Phi) is 5.12. The molecule has 1 amide bonds. The number of hydrogen-bond donors (Lipinski definition) is 1. The van der Waals surface area contributed by atoms with Crippen molar-refractivity contribution in [2.45, 2.75) is 39.0 Å². The van der Waals surface area contributed by atoms with E-state index in [1.54, 1.807) is 12.4 Å². The molecular weight excluding hydrogens is 240 g/mol. The average molecular weight is 262 g/mol. The van der Waals surface area contributed by atoms with Crippen molar-refractivity contribution in [2.75, 3.05) is 25.0 Å². The minimum absolute atomic E-state index is 0.245.